The van der Waals surface area contributed by atoms with Crippen LogP contribution in [0.3, 0.4) is 0 Å². The number of amides is 1. The van der Waals surface area contributed by atoms with Crippen LogP contribution in [-0.2, 0) is 30.5 Å². The number of rotatable bonds is 11. The largest absolute Gasteiger partial charge is 0.464 e. The van der Waals surface area contributed by atoms with Crippen LogP contribution in [0, 0.1) is 5.92 Å². The fourth-order valence-electron chi connectivity index (χ4n) is 2.05. The van der Waals surface area contributed by atoms with E-state index in [9.17, 15) is 19.2 Å². The lowest BCUT2D eigenvalue weighted by Gasteiger charge is -2.12. The number of hydrogen-bond acceptors (Lipinski definition) is 8. The smallest absolute Gasteiger partial charge is 0.407 e. The number of alkyl carbamates (subject to hydrolysis) is 1. The first-order valence-corrected chi connectivity index (χ1v) is 9.91. The first kappa shape index (κ1) is 24.9. The van der Waals surface area contributed by atoms with Gasteiger partial charge in [0.2, 0.25) is 0 Å². The van der Waals surface area contributed by atoms with Gasteiger partial charge in [-0.25, -0.2) is 4.79 Å². The molecule has 1 rings (SSSR count). The highest BCUT2D eigenvalue weighted by atomic mass is 16.6. The summed E-state index contributed by atoms with van der Waals surface area (Å²) in [4.78, 5) is 46.5. The van der Waals surface area contributed by atoms with E-state index in [2.05, 4.69) is 5.32 Å². The van der Waals surface area contributed by atoms with E-state index in [0.29, 0.717) is 12.0 Å². The van der Waals surface area contributed by atoms with Crippen molar-refractivity contribution in [3.05, 3.63) is 23.8 Å². The predicted molar refractivity (Wildman–Crippen MR) is 107 cm³/mol. The highest BCUT2D eigenvalue weighted by Gasteiger charge is 2.13. The Labute approximate surface area is 176 Å². The van der Waals surface area contributed by atoms with Gasteiger partial charge in [-0.1, -0.05) is 27.7 Å². The molecule has 1 atom stereocenters. The fourth-order valence-corrected chi connectivity index (χ4v) is 2.05. The van der Waals surface area contributed by atoms with Crippen molar-refractivity contribution in [2.24, 2.45) is 5.92 Å². The number of carbonyl (C=O) groups is 4. The van der Waals surface area contributed by atoms with Crippen LogP contribution in [0.25, 0.3) is 0 Å². The maximum atomic E-state index is 11.8. The fraction of sp³-hybridized carbons (Fsp3) is 0.524. The monoisotopic (exact) mass is 423 g/mol. The topological polar surface area (TPSA) is 117 Å². The van der Waals surface area contributed by atoms with Crippen molar-refractivity contribution in [1.82, 2.24) is 5.32 Å². The summed E-state index contributed by atoms with van der Waals surface area (Å²) >= 11 is 0. The van der Waals surface area contributed by atoms with E-state index in [1.165, 1.54) is 18.2 Å². The van der Waals surface area contributed by atoms with E-state index in [4.69, 9.17) is 18.9 Å². The van der Waals surface area contributed by atoms with Gasteiger partial charge in [0.05, 0.1) is 12.5 Å². The molecule has 1 aromatic rings. The van der Waals surface area contributed by atoms with Crippen LogP contribution < -0.4 is 14.8 Å². The zero-order valence-corrected chi connectivity index (χ0v) is 17.8. The quantitative estimate of drug-likeness (QED) is 0.328. The first-order chi connectivity index (χ1) is 14.3. The molecule has 1 amide bonds. The summed E-state index contributed by atoms with van der Waals surface area (Å²) in [6.45, 7) is 6.95. The van der Waals surface area contributed by atoms with Crippen molar-refractivity contribution in [3.8, 4) is 11.5 Å². The Morgan fingerprint density at radius 3 is 1.97 bits per heavy atom. The third kappa shape index (κ3) is 9.40. The standard InChI is InChI=1S/C21H29NO8/c1-5-14(4)20(25)27-9-8-22-21(26)28-13-15-10-16(29-18(23)6-2)12-17(11-15)30-19(24)7-3/h10-12,14H,5-9,13H2,1-4H3,(H,22,26). The lowest BCUT2D eigenvalue weighted by atomic mass is 10.1. The van der Waals surface area contributed by atoms with Crippen LogP contribution in [0.2, 0.25) is 0 Å². The predicted octanol–water partition coefficient (Wildman–Crippen LogP) is 3.13. The number of benzene rings is 1. The molecule has 30 heavy (non-hydrogen) atoms. The zero-order chi connectivity index (χ0) is 22.5. The maximum Gasteiger partial charge on any atom is 0.407 e. The molecule has 1 unspecified atom stereocenters. The molecule has 166 valence electrons. The summed E-state index contributed by atoms with van der Waals surface area (Å²) in [5, 5.41) is 2.47. The molecule has 1 aromatic carbocycles. The third-order valence-electron chi connectivity index (χ3n) is 3.98. The second kappa shape index (κ2) is 13.2. The number of nitrogens with one attached hydrogen (secondary N) is 1. The van der Waals surface area contributed by atoms with E-state index < -0.39 is 18.0 Å². The minimum atomic E-state index is -0.711. The molecular weight excluding hydrogens is 394 g/mol. The SMILES string of the molecule is CCC(=O)Oc1cc(COC(=O)NCCOC(=O)C(C)CC)cc(OC(=O)CC)c1. The van der Waals surface area contributed by atoms with E-state index >= 15 is 0 Å². The van der Waals surface area contributed by atoms with Crippen LogP contribution in [0.4, 0.5) is 4.79 Å². The Bertz CT molecular complexity index is 710. The first-order valence-electron chi connectivity index (χ1n) is 9.91. The van der Waals surface area contributed by atoms with Crippen molar-refractivity contribution < 1.29 is 38.1 Å². The van der Waals surface area contributed by atoms with Gasteiger partial charge in [-0.15, -0.1) is 0 Å². The summed E-state index contributed by atoms with van der Waals surface area (Å²) in [5.74, 6) is -1.06. The molecule has 0 fully saturated rings. The van der Waals surface area contributed by atoms with Crippen LogP contribution >= 0.6 is 0 Å². The maximum absolute atomic E-state index is 11.8. The van der Waals surface area contributed by atoms with E-state index in [1.54, 1.807) is 20.8 Å². The molecule has 0 radical (unpaired) electrons. The molecule has 0 aliphatic rings. The minimum Gasteiger partial charge on any atom is -0.464 e. The minimum absolute atomic E-state index is 0.0395. The Kier molecular flexibility index (Phi) is 11.0. The Morgan fingerprint density at radius 1 is 0.900 bits per heavy atom. The van der Waals surface area contributed by atoms with Crippen molar-refractivity contribution in [3.63, 3.8) is 0 Å². The highest BCUT2D eigenvalue weighted by Crippen LogP contribution is 2.24. The summed E-state index contributed by atoms with van der Waals surface area (Å²) in [6, 6.07) is 4.44. The van der Waals surface area contributed by atoms with Crippen LogP contribution in [-0.4, -0.2) is 37.2 Å². The second-order valence-electron chi connectivity index (χ2n) is 6.45. The lowest BCUT2D eigenvalue weighted by molar-refractivity contribution is -0.147. The zero-order valence-electron chi connectivity index (χ0n) is 17.8. The Balaban J connectivity index is 2.61. The van der Waals surface area contributed by atoms with Crippen LogP contribution in [0.15, 0.2) is 18.2 Å². The second-order valence-corrected chi connectivity index (χ2v) is 6.45. The van der Waals surface area contributed by atoms with Crippen molar-refractivity contribution in [2.45, 2.75) is 53.6 Å². The molecule has 0 saturated carbocycles. The average molecular weight is 423 g/mol. The van der Waals surface area contributed by atoms with Gasteiger partial charge in [0.1, 0.15) is 24.7 Å². The van der Waals surface area contributed by atoms with Crippen LogP contribution in [0.1, 0.15) is 52.5 Å². The summed E-state index contributed by atoms with van der Waals surface area (Å²) < 4.78 is 20.5. The molecule has 0 aliphatic heterocycles. The van der Waals surface area contributed by atoms with Gasteiger partial charge >= 0.3 is 24.0 Å². The van der Waals surface area contributed by atoms with Gasteiger partial charge in [-0.05, 0) is 24.1 Å². The normalized spacial score (nSPS) is 11.2. The molecule has 9 nitrogen and oxygen atoms in total. The molecule has 0 aliphatic carbocycles. The van der Waals surface area contributed by atoms with Crippen LogP contribution in [0.5, 0.6) is 11.5 Å². The molecule has 0 aromatic heterocycles. The van der Waals surface area contributed by atoms with Gasteiger partial charge < -0.3 is 24.3 Å². The van der Waals surface area contributed by atoms with E-state index in [1.807, 2.05) is 6.92 Å². The third-order valence-corrected chi connectivity index (χ3v) is 3.98. The van der Waals surface area contributed by atoms with Gasteiger partial charge in [-0.3, -0.25) is 14.4 Å². The average Bonchev–Trinajstić information content (AvgIpc) is 2.74. The Hall–Kier alpha value is -3.10. The summed E-state index contributed by atoms with van der Waals surface area (Å²) in [7, 11) is 0. The van der Waals surface area contributed by atoms with Gasteiger partial charge in [0.15, 0.2) is 0 Å². The Morgan fingerprint density at radius 2 is 1.47 bits per heavy atom. The van der Waals surface area contributed by atoms with Crippen molar-refractivity contribution >= 4 is 24.0 Å². The molecule has 1 N–H and O–H groups in total. The number of esters is 3. The lowest BCUT2D eigenvalue weighted by Crippen LogP contribution is -2.29. The summed E-state index contributed by atoms with van der Waals surface area (Å²) in [5.41, 5.74) is 0.466. The number of ether oxygens (including phenoxy) is 4. The number of hydrogen-bond donors (Lipinski definition) is 1. The van der Waals surface area contributed by atoms with Gasteiger partial charge in [-0.2, -0.15) is 0 Å². The highest BCUT2D eigenvalue weighted by molar-refractivity contribution is 5.74. The van der Waals surface area contributed by atoms with E-state index in [-0.39, 0.29) is 56.0 Å². The molecule has 0 heterocycles. The number of carbonyl (C=O) groups excluding carboxylic acids is 4. The van der Waals surface area contributed by atoms with E-state index in [0.717, 1.165) is 0 Å². The summed E-state index contributed by atoms with van der Waals surface area (Å²) in [6.07, 6.45) is 0.317. The van der Waals surface area contributed by atoms with Gasteiger partial charge in [0, 0.05) is 18.9 Å². The molecule has 0 saturated heterocycles. The molecule has 0 bridgehead atoms. The molecular formula is C21H29NO8. The molecule has 9 heteroatoms. The van der Waals surface area contributed by atoms with Crippen molar-refractivity contribution in [2.75, 3.05) is 13.2 Å². The molecule has 0 spiro atoms. The van der Waals surface area contributed by atoms with Crippen molar-refractivity contribution in [1.29, 1.82) is 0 Å². The van der Waals surface area contributed by atoms with Gasteiger partial charge in [0.25, 0.3) is 0 Å².